The number of alkyl halides is 3. The number of nitriles is 6. The van der Waals surface area contributed by atoms with Crippen molar-refractivity contribution in [3.8, 4) is 103 Å². The number of nitrogens with zero attached hydrogens (tertiary/aromatic N) is 8. The maximum Gasteiger partial charge on any atom is 0.416 e. The van der Waals surface area contributed by atoms with Crippen LogP contribution in [0.4, 0.5) is 13.2 Å². The molecule has 10 aromatic carbocycles. The van der Waals surface area contributed by atoms with Crippen LogP contribution < -0.4 is 0 Å². The monoisotopic (exact) mass is 1010 g/mol. The lowest BCUT2D eigenvalue weighted by Gasteiger charge is -2.21. The molecule has 12 aromatic rings. The summed E-state index contributed by atoms with van der Waals surface area (Å²) < 4.78 is 48.7. The quantitative estimate of drug-likeness (QED) is 0.155. The molecule has 11 heteroatoms. The zero-order valence-electron chi connectivity index (χ0n) is 40.8. The van der Waals surface area contributed by atoms with Crippen LogP contribution in [0.5, 0.6) is 0 Å². The summed E-state index contributed by atoms with van der Waals surface area (Å²) in [5.74, 6) is 0. The van der Waals surface area contributed by atoms with Crippen molar-refractivity contribution in [3.63, 3.8) is 0 Å². The van der Waals surface area contributed by atoms with Gasteiger partial charge in [-0.2, -0.15) is 44.7 Å². The lowest BCUT2D eigenvalue weighted by molar-refractivity contribution is -0.137. The molecule has 0 N–H and O–H groups in total. The first-order chi connectivity index (χ1) is 38.0. The fourth-order valence-corrected chi connectivity index (χ4v) is 10.7. The van der Waals surface area contributed by atoms with Crippen molar-refractivity contribution in [3.05, 3.63) is 239 Å². The van der Waals surface area contributed by atoms with E-state index < -0.39 is 11.7 Å². The van der Waals surface area contributed by atoms with Crippen LogP contribution in [0.1, 0.15) is 38.9 Å². The van der Waals surface area contributed by atoms with Crippen LogP contribution >= 0.6 is 0 Å². The Labute approximate surface area is 444 Å². The number of rotatable bonds is 7. The van der Waals surface area contributed by atoms with Crippen LogP contribution in [0.25, 0.3) is 111 Å². The molecule has 0 atom stereocenters. The Balaban J connectivity index is 1.26. The molecular formula is C67H33F3N8. The van der Waals surface area contributed by atoms with Crippen LogP contribution in [0.15, 0.2) is 200 Å². The average molecular weight is 1010 g/mol. The highest BCUT2D eigenvalue weighted by Crippen LogP contribution is 2.46. The molecule has 0 amide bonds. The molecule has 0 saturated heterocycles. The highest BCUT2D eigenvalue weighted by atomic mass is 19.4. The summed E-state index contributed by atoms with van der Waals surface area (Å²) in [6.45, 7) is 0. The highest BCUT2D eigenvalue weighted by molar-refractivity contribution is 6.14. The van der Waals surface area contributed by atoms with Gasteiger partial charge in [0.25, 0.3) is 0 Å². The Morgan fingerprint density at radius 2 is 0.654 bits per heavy atom. The summed E-state index contributed by atoms with van der Waals surface area (Å²) in [6.07, 6.45) is -4.84. The summed E-state index contributed by atoms with van der Waals surface area (Å²) in [5.41, 5.74) is 9.93. The van der Waals surface area contributed by atoms with Crippen molar-refractivity contribution in [2.75, 3.05) is 0 Å². The van der Waals surface area contributed by atoms with Gasteiger partial charge < -0.3 is 9.13 Å². The van der Waals surface area contributed by atoms with Crippen molar-refractivity contribution in [1.82, 2.24) is 9.13 Å². The zero-order valence-corrected chi connectivity index (χ0v) is 40.8. The molecular weight excluding hydrogens is 974 g/mol. The van der Waals surface area contributed by atoms with Gasteiger partial charge in [0.2, 0.25) is 0 Å². The number of benzene rings is 10. The molecule has 2 aromatic heterocycles. The number of hydrogen-bond donors (Lipinski definition) is 0. The zero-order chi connectivity index (χ0) is 53.8. The van der Waals surface area contributed by atoms with Crippen LogP contribution in [0.3, 0.4) is 0 Å². The smallest absolute Gasteiger partial charge is 0.308 e. The minimum atomic E-state index is -4.84. The van der Waals surface area contributed by atoms with Crippen molar-refractivity contribution >= 4 is 43.6 Å². The van der Waals surface area contributed by atoms with Gasteiger partial charge in [0.1, 0.15) is 11.6 Å². The molecule has 8 nitrogen and oxygen atoms in total. The van der Waals surface area contributed by atoms with Crippen LogP contribution in [-0.2, 0) is 6.18 Å². The molecule has 0 radical (unpaired) electrons. The highest BCUT2D eigenvalue weighted by Gasteiger charge is 2.33. The molecule has 362 valence electrons. The first kappa shape index (κ1) is 47.5. The molecule has 0 spiro atoms. The third-order valence-corrected chi connectivity index (χ3v) is 14.3. The van der Waals surface area contributed by atoms with Gasteiger partial charge >= 0.3 is 6.18 Å². The number of hydrogen-bond acceptors (Lipinski definition) is 6. The van der Waals surface area contributed by atoms with Gasteiger partial charge in [-0.1, -0.05) is 103 Å². The van der Waals surface area contributed by atoms with Gasteiger partial charge in [0, 0.05) is 27.1 Å². The van der Waals surface area contributed by atoms with Gasteiger partial charge in [-0.05, 0) is 147 Å². The number of fused-ring (bicyclic) bond motifs is 6. The second-order valence-corrected chi connectivity index (χ2v) is 18.7. The van der Waals surface area contributed by atoms with E-state index in [-0.39, 0.29) is 27.9 Å². The number of aromatic nitrogens is 2. The summed E-state index contributed by atoms with van der Waals surface area (Å²) >= 11 is 0. The molecule has 0 aliphatic heterocycles. The first-order valence-corrected chi connectivity index (χ1v) is 24.4. The second kappa shape index (κ2) is 18.8. The Morgan fingerprint density at radius 1 is 0.308 bits per heavy atom. The van der Waals surface area contributed by atoms with Crippen molar-refractivity contribution in [2.24, 2.45) is 0 Å². The average Bonchev–Trinajstić information content (AvgIpc) is 4.22. The van der Waals surface area contributed by atoms with E-state index in [2.05, 4.69) is 30.3 Å². The molecule has 12 rings (SSSR count). The van der Waals surface area contributed by atoms with Gasteiger partial charge in [0.05, 0.1) is 97.2 Å². The predicted octanol–water partition coefficient (Wildman–Crippen LogP) is 16.5. The van der Waals surface area contributed by atoms with E-state index in [1.165, 1.54) is 6.07 Å². The standard InChI is InChI=1S/C67H33F3N8/c68-67(69,70)54-28-44(38-75)27-53(29-54)55-21-22-61(77-62-30-49(45-9-1-5-40(23-45)34-71)13-17-56(62)57-18-14-50(31-63(57)77)46-10-2-6-41(24-46)35-72)60(39-76)66(55)78-64-32-51(47-11-3-7-42(25-47)36-73)15-19-58(64)59-20-16-52(33-65(59)78)48-12-4-8-43(26-48)37-74/h1-33H. The maximum atomic E-state index is 15.0. The van der Waals surface area contributed by atoms with Gasteiger partial charge in [-0.3, -0.25) is 0 Å². The summed E-state index contributed by atoms with van der Waals surface area (Å²) in [5, 5.41) is 65.1. The number of halogens is 3. The van der Waals surface area contributed by atoms with Gasteiger partial charge in [-0.25, -0.2) is 0 Å². The Kier molecular flexibility index (Phi) is 11.4. The summed E-state index contributed by atoms with van der Waals surface area (Å²) in [4.78, 5) is 0. The Morgan fingerprint density at radius 3 is 1.00 bits per heavy atom. The molecule has 0 aliphatic carbocycles. The van der Waals surface area contributed by atoms with E-state index in [1.807, 2.05) is 124 Å². The summed E-state index contributed by atoms with van der Waals surface area (Å²) in [6, 6.07) is 72.3. The van der Waals surface area contributed by atoms with E-state index in [4.69, 9.17) is 0 Å². The topological polar surface area (TPSA) is 153 Å². The third-order valence-electron chi connectivity index (χ3n) is 14.3. The molecule has 0 bridgehead atoms. The normalized spacial score (nSPS) is 11.2. The lowest BCUT2D eigenvalue weighted by atomic mass is 9.94. The van der Waals surface area contributed by atoms with Crippen molar-refractivity contribution < 1.29 is 13.2 Å². The maximum absolute atomic E-state index is 15.0. The molecule has 78 heavy (non-hydrogen) atoms. The minimum Gasteiger partial charge on any atom is -0.308 e. The summed E-state index contributed by atoms with van der Waals surface area (Å²) in [7, 11) is 0. The van der Waals surface area contributed by atoms with E-state index >= 15 is 0 Å². The van der Waals surface area contributed by atoms with Gasteiger partial charge in [-0.15, -0.1) is 0 Å². The Hall–Kier alpha value is -11.5. The fraction of sp³-hybridized carbons (Fsp3) is 0.0149. The van der Waals surface area contributed by atoms with E-state index in [1.54, 1.807) is 72.8 Å². The largest absolute Gasteiger partial charge is 0.416 e. The molecule has 2 heterocycles. The molecule has 0 unspecified atom stereocenters. The lowest BCUT2D eigenvalue weighted by Crippen LogP contribution is -2.08. The first-order valence-electron chi connectivity index (χ1n) is 24.4. The van der Waals surface area contributed by atoms with Crippen molar-refractivity contribution in [2.45, 2.75) is 6.18 Å². The Bertz CT molecular complexity index is 4590. The van der Waals surface area contributed by atoms with Crippen LogP contribution in [0.2, 0.25) is 0 Å². The van der Waals surface area contributed by atoms with E-state index in [0.29, 0.717) is 50.0 Å². The van der Waals surface area contributed by atoms with E-state index in [9.17, 15) is 44.7 Å². The van der Waals surface area contributed by atoms with Crippen LogP contribution in [-0.4, -0.2) is 9.13 Å². The SMILES string of the molecule is N#Cc1cccc(-c2ccc3c4ccc(-c5cccc(C#N)c5)cc4n(-c4ccc(-c5cc(C#N)cc(C(F)(F)F)c5)c(-n5c6cc(-c7cccc(C#N)c7)ccc6c6ccc(-c7cccc(C#N)c7)cc65)c4C#N)c3c2)c1. The van der Waals surface area contributed by atoms with Gasteiger partial charge in [0.15, 0.2) is 0 Å². The second-order valence-electron chi connectivity index (χ2n) is 18.7. The molecule has 0 saturated carbocycles. The minimum absolute atomic E-state index is 0.0340. The molecule has 0 fully saturated rings. The fourth-order valence-electron chi connectivity index (χ4n) is 10.7. The van der Waals surface area contributed by atoms with Crippen molar-refractivity contribution in [1.29, 1.82) is 31.6 Å². The predicted molar refractivity (Wildman–Crippen MR) is 296 cm³/mol. The molecule has 0 aliphatic rings. The third kappa shape index (κ3) is 8.08. The van der Waals surface area contributed by atoms with Crippen LogP contribution in [0, 0.1) is 68.0 Å². The van der Waals surface area contributed by atoms with E-state index in [0.717, 1.165) is 78.2 Å².